The summed E-state index contributed by atoms with van der Waals surface area (Å²) >= 11 is 1.34. The van der Waals surface area contributed by atoms with Crippen molar-refractivity contribution >= 4 is 52.6 Å². The summed E-state index contributed by atoms with van der Waals surface area (Å²) in [4.78, 5) is 22.3. The number of anilines is 1. The summed E-state index contributed by atoms with van der Waals surface area (Å²) in [5.74, 6) is 0.121. The Morgan fingerprint density at radius 3 is 2.33 bits per heavy atom. The molecule has 3 aromatic rings. The predicted octanol–water partition coefficient (Wildman–Crippen LogP) is 5.74. The Morgan fingerprint density at radius 2 is 1.69 bits per heavy atom. The number of aliphatic imine (C=N–C) groups is 2. The summed E-state index contributed by atoms with van der Waals surface area (Å²) in [6, 6.07) is 18.0. The van der Waals surface area contributed by atoms with Crippen molar-refractivity contribution in [2.24, 2.45) is 25.9 Å². The number of hydrogen-bond donors (Lipinski definition) is 1. The van der Waals surface area contributed by atoms with Crippen LogP contribution in [-0.4, -0.2) is 41.6 Å². The molecule has 8 nitrogen and oxygen atoms in total. The fourth-order valence-electron chi connectivity index (χ4n) is 3.67. The Labute approximate surface area is 226 Å². The summed E-state index contributed by atoms with van der Waals surface area (Å²) in [5, 5.41) is 8.97. The molecule has 0 spiro atoms. The number of carbonyl (C=O) groups is 1. The molecular weight excluding hydrogens is 529 g/mol. The van der Waals surface area contributed by atoms with Crippen molar-refractivity contribution in [3.8, 4) is 5.75 Å². The Kier molecular flexibility index (Phi) is 8.45. The van der Waals surface area contributed by atoms with Crippen LogP contribution in [0.3, 0.4) is 0 Å². The van der Waals surface area contributed by atoms with Gasteiger partial charge in [-0.15, -0.1) is 18.3 Å². The molecule has 0 aliphatic carbocycles. The van der Waals surface area contributed by atoms with Crippen LogP contribution in [0.15, 0.2) is 86.9 Å². The minimum atomic E-state index is -4.75. The van der Waals surface area contributed by atoms with Gasteiger partial charge in [-0.25, -0.2) is 9.98 Å². The minimum Gasteiger partial charge on any atom is -0.406 e. The van der Waals surface area contributed by atoms with Crippen LogP contribution in [-0.2, 0) is 4.79 Å². The number of halogens is 3. The molecule has 1 aliphatic heterocycles. The smallest absolute Gasteiger partial charge is 0.406 e. The lowest BCUT2D eigenvalue weighted by Crippen LogP contribution is -2.30. The third kappa shape index (κ3) is 7.32. The number of carbonyl (C=O) groups excluding carboxylic acids is 1. The van der Waals surface area contributed by atoms with E-state index in [2.05, 4.69) is 24.9 Å². The zero-order valence-corrected chi connectivity index (χ0v) is 21.7. The molecule has 0 aromatic heterocycles. The van der Waals surface area contributed by atoms with Crippen LogP contribution >= 0.6 is 11.8 Å². The number of para-hydroxylation sites is 1. The van der Waals surface area contributed by atoms with E-state index in [9.17, 15) is 18.0 Å². The van der Waals surface area contributed by atoms with Gasteiger partial charge >= 0.3 is 6.36 Å². The number of alkyl halides is 3. The maximum absolute atomic E-state index is 12.5. The highest BCUT2D eigenvalue weighted by Gasteiger charge is 2.32. The van der Waals surface area contributed by atoms with Crippen LogP contribution in [0.2, 0.25) is 0 Å². The first-order valence-corrected chi connectivity index (χ1v) is 12.5. The average molecular weight is 553 g/mol. The molecule has 12 heteroatoms. The molecule has 4 rings (SSSR count). The Morgan fingerprint density at radius 1 is 1.03 bits per heavy atom. The fourth-order valence-corrected chi connectivity index (χ4v) is 4.47. The van der Waals surface area contributed by atoms with Crippen molar-refractivity contribution in [2.45, 2.75) is 20.2 Å². The summed E-state index contributed by atoms with van der Waals surface area (Å²) in [6.45, 7) is 3.91. The van der Waals surface area contributed by atoms with Gasteiger partial charge in [0.2, 0.25) is 5.91 Å². The van der Waals surface area contributed by atoms with Gasteiger partial charge < -0.3 is 10.5 Å². The van der Waals surface area contributed by atoms with Gasteiger partial charge in [0.15, 0.2) is 5.17 Å². The Hall–Kier alpha value is -4.45. The van der Waals surface area contributed by atoms with E-state index in [1.54, 1.807) is 35.4 Å². The van der Waals surface area contributed by atoms with Crippen LogP contribution in [0, 0.1) is 13.8 Å². The summed E-state index contributed by atoms with van der Waals surface area (Å²) in [5.41, 5.74) is 10.6. The molecule has 1 aliphatic rings. The van der Waals surface area contributed by atoms with Gasteiger partial charge in [0, 0.05) is 5.56 Å². The van der Waals surface area contributed by atoms with Crippen molar-refractivity contribution in [3.05, 3.63) is 89.0 Å². The Balaban J connectivity index is 1.39. The minimum absolute atomic E-state index is 0.0403. The van der Waals surface area contributed by atoms with Crippen LogP contribution in [0.25, 0.3) is 0 Å². The average Bonchev–Trinajstić information content (AvgIpc) is 3.24. The summed E-state index contributed by atoms with van der Waals surface area (Å²) in [6.07, 6.45) is -1.97. The van der Waals surface area contributed by atoms with E-state index in [0.717, 1.165) is 34.5 Å². The van der Waals surface area contributed by atoms with Crippen molar-refractivity contribution in [1.29, 1.82) is 0 Å². The van der Waals surface area contributed by atoms with Crippen LogP contribution in [0.5, 0.6) is 5.75 Å². The number of nitrogens with two attached hydrogens (primary N) is 1. The molecule has 0 saturated carbocycles. The number of nitrogens with zero attached hydrogens (tertiary/aromatic N) is 5. The van der Waals surface area contributed by atoms with E-state index in [0.29, 0.717) is 22.2 Å². The molecule has 0 bridgehead atoms. The van der Waals surface area contributed by atoms with Gasteiger partial charge in [-0.1, -0.05) is 54.2 Å². The molecule has 1 fully saturated rings. The lowest BCUT2D eigenvalue weighted by atomic mass is 10.1. The third-order valence-electron chi connectivity index (χ3n) is 5.46. The first-order chi connectivity index (χ1) is 18.6. The number of amides is 1. The molecule has 0 radical (unpaired) electrons. The van der Waals surface area contributed by atoms with Crippen LogP contribution in [0.1, 0.15) is 22.3 Å². The third-order valence-corrected chi connectivity index (χ3v) is 6.37. The van der Waals surface area contributed by atoms with E-state index in [4.69, 9.17) is 5.73 Å². The molecule has 200 valence electrons. The monoisotopic (exact) mass is 552 g/mol. The fraction of sp³-hybridized carbons (Fsp3) is 0.148. The molecular formula is C27H23F3N6O2S. The SMILES string of the molecule is Cc1cccc(C)c1N1C(=O)CS/C1=N/N=C\c1ccc(C(N)=NC=Nc2ccc(OC(F)(F)F)cc2)cc1. The van der Waals surface area contributed by atoms with Gasteiger partial charge in [-0.3, -0.25) is 9.69 Å². The Bertz CT molecular complexity index is 1450. The van der Waals surface area contributed by atoms with Crippen LogP contribution < -0.4 is 15.4 Å². The maximum Gasteiger partial charge on any atom is 0.573 e. The van der Waals surface area contributed by atoms with E-state index >= 15 is 0 Å². The normalized spacial score (nSPS) is 15.7. The first kappa shape index (κ1) is 27.6. The highest BCUT2D eigenvalue weighted by molar-refractivity contribution is 8.15. The largest absolute Gasteiger partial charge is 0.573 e. The van der Waals surface area contributed by atoms with Gasteiger partial charge in [0.1, 0.15) is 17.9 Å². The summed E-state index contributed by atoms with van der Waals surface area (Å²) < 4.78 is 40.6. The van der Waals surface area contributed by atoms with E-state index in [1.165, 1.54) is 30.2 Å². The number of amidine groups is 2. The van der Waals surface area contributed by atoms with Crippen molar-refractivity contribution in [3.63, 3.8) is 0 Å². The highest BCUT2D eigenvalue weighted by Crippen LogP contribution is 2.32. The molecule has 1 heterocycles. The van der Waals surface area contributed by atoms with Crippen molar-refractivity contribution in [1.82, 2.24) is 0 Å². The molecule has 1 saturated heterocycles. The maximum atomic E-state index is 12.5. The van der Waals surface area contributed by atoms with E-state index in [1.807, 2.05) is 32.0 Å². The number of rotatable bonds is 7. The number of benzene rings is 3. The molecule has 0 unspecified atom stereocenters. The predicted molar refractivity (Wildman–Crippen MR) is 149 cm³/mol. The topological polar surface area (TPSA) is 105 Å². The van der Waals surface area contributed by atoms with Crippen molar-refractivity contribution in [2.75, 3.05) is 10.7 Å². The molecule has 0 atom stereocenters. The zero-order chi connectivity index (χ0) is 28.0. The molecule has 2 N–H and O–H groups in total. The number of ether oxygens (including phenoxy) is 1. The van der Waals surface area contributed by atoms with Gasteiger partial charge in [-0.2, -0.15) is 5.10 Å². The first-order valence-electron chi connectivity index (χ1n) is 11.6. The molecule has 3 aromatic carbocycles. The summed E-state index contributed by atoms with van der Waals surface area (Å²) in [7, 11) is 0. The van der Waals surface area contributed by atoms with Crippen molar-refractivity contribution < 1.29 is 22.7 Å². The van der Waals surface area contributed by atoms with Crippen LogP contribution in [0.4, 0.5) is 24.5 Å². The van der Waals surface area contributed by atoms with Gasteiger partial charge in [-0.05, 0) is 54.8 Å². The quantitative estimate of drug-likeness (QED) is 0.229. The lowest BCUT2D eigenvalue weighted by Gasteiger charge is -2.20. The second-order valence-electron chi connectivity index (χ2n) is 8.31. The number of aryl methyl sites for hydroxylation is 2. The zero-order valence-electron chi connectivity index (χ0n) is 20.9. The molecule has 39 heavy (non-hydrogen) atoms. The van der Waals surface area contributed by atoms with E-state index in [-0.39, 0.29) is 17.5 Å². The standard InChI is InChI=1S/C27H23F3N6O2S/c1-17-4-3-5-18(2)24(17)36-23(37)15-39-26(36)35-34-14-19-6-8-20(9-7-19)25(31)33-16-32-21-10-12-22(13-11-21)38-27(28,29)30/h3-14,16H,15H2,1-2H3,(H2,31,32,33)/b34-14-,35-26+. The van der Waals surface area contributed by atoms with Gasteiger partial charge in [0.05, 0.1) is 23.3 Å². The second kappa shape index (κ2) is 11.9. The highest BCUT2D eigenvalue weighted by atomic mass is 32.2. The van der Waals surface area contributed by atoms with E-state index < -0.39 is 6.36 Å². The lowest BCUT2D eigenvalue weighted by molar-refractivity contribution is -0.274. The second-order valence-corrected chi connectivity index (χ2v) is 9.25. The number of hydrogen-bond acceptors (Lipinski definition) is 6. The molecule has 1 amide bonds. The van der Waals surface area contributed by atoms with Gasteiger partial charge in [0.25, 0.3) is 0 Å². The number of thioether (sulfide) groups is 1.